The number of fused-ring (bicyclic) bond motifs is 2. The summed E-state index contributed by atoms with van der Waals surface area (Å²) in [4.78, 5) is 13.1. The summed E-state index contributed by atoms with van der Waals surface area (Å²) in [6, 6.07) is 18.7. The number of carbonyl (C=O) groups is 1. The molecule has 33 heavy (non-hydrogen) atoms. The van der Waals surface area contributed by atoms with E-state index in [0.717, 1.165) is 34.7 Å². The third-order valence-corrected chi connectivity index (χ3v) is 6.07. The maximum atomic E-state index is 13.1. The van der Waals surface area contributed by atoms with Gasteiger partial charge in [0.2, 0.25) is 0 Å². The molecule has 3 aromatic rings. The number of nitrogens with one attached hydrogen (secondary N) is 1. The van der Waals surface area contributed by atoms with E-state index in [9.17, 15) is 10.0 Å². The van der Waals surface area contributed by atoms with Gasteiger partial charge in [-0.3, -0.25) is 10.0 Å². The molecule has 0 fully saturated rings. The highest BCUT2D eigenvalue weighted by Gasteiger charge is 2.30. The monoisotopic (exact) mass is 447 g/mol. The Labute approximate surface area is 195 Å². The van der Waals surface area contributed by atoms with Crippen LogP contribution in [0, 0.1) is 0 Å². The predicted octanol–water partition coefficient (Wildman–Crippen LogP) is 6.63. The number of benzene rings is 3. The summed E-state index contributed by atoms with van der Waals surface area (Å²) in [7, 11) is 0. The summed E-state index contributed by atoms with van der Waals surface area (Å²) in [5.41, 5.74) is 4.35. The summed E-state index contributed by atoms with van der Waals surface area (Å²) in [6.07, 6.45) is 10.3. The number of para-hydroxylation sites is 2. The average molecular weight is 448 g/mol. The molecule has 6 heteroatoms. The normalized spacial score (nSPS) is 12.9. The van der Waals surface area contributed by atoms with E-state index >= 15 is 0 Å². The molecule has 0 spiro atoms. The molecule has 0 unspecified atom stereocenters. The lowest BCUT2D eigenvalue weighted by molar-refractivity contribution is 0.0957. The van der Waals surface area contributed by atoms with Gasteiger partial charge in [0.05, 0.1) is 12.3 Å². The van der Waals surface area contributed by atoms with Crippen molar-refractivity contribution in [3.05, 3.63) is 66.2 Å². The molecular weight excluding hydrogens is 414 g/mol. The lowest BCUT2D eigenvalue weighted by atomic mass is 10.1. The first kappa shape index (κ1) is 23.1. The first-order valence-electron chi connectivity index (χ1n) is 12.0. The average Bonchev–Trinajstić information content (AvgIpc) is 3.18. The van der Waals surface area contributed by atoms with Crippen molar-refractivity contribution in [2.45, 2.75) is 58.3 Å². The maximum absolute atomic E-state index is 13.1. The van der Waals surface area contributed by atoms with Crippen LogP contribution >= 0.6 is 0 Å². The van der Waals surface area contributed by atoms with Gasteiger partial charge in [-0.2, -0.15) is 5.17 Å². The summed E-state index contributed by atoms with van der Waals surface area (Å²) in [5.74, 6) is 0.617. The van der Waals surface area contributed by atoms with Gasteiger partial charge < -0.3 is 4.74 Å². The van der Waals surface area contributed by atoms with Crippen LogP contribution in [0.4, 0.5) is 11.4 Å². The van der Waals surface area contributed by atoms with Crippen LogP contribution in [0.2, 0.25) is 0 Å². The van der Waals surface area contributed by atoms with E-state index in [1.165, 1.54) is 50.0 Å². The fraction of sp³-hybridized carbons (Fsp3) is 0.370. The van der Waals surface area contributed by atoms with E-state index in [1.54, 1.807) is 18.2 Å². The second-order valence-corrected chi connectivity index (χ2v) is 8.59. The Morgan fingerprint density at radius 3 is 2.30 bits per heavy atom. The summed E-state index contributed by atoms with van der Waals surface area (Å²) in [5, 5.41) is 14.2. The van der Waals surface area contributed by atoms with Crippen molar-refractivity contribution in [1.82, 2.24) is 5.53 Å². The van der Waals surface area contributed by atoms with Gasteiger partial charge in [-0.25, -0.2) is 5.01 Å². The zero-order valence-corrected chi connectivity index (χ0v) is 19.3. The van der Waals surface area contributed by atoms with Crippen molar-refractivity contribution in [3.63, 3.8) is 0 Å². The zero-order valence-electron chi connectivity index (χ0n) is 19.3. The Balaban J connectivity index is 1.31. The van der Waals surface area contributed by atoms with Crippen molar-refractivity contribution in [2.75, 3.05) is 16.8 Å². The molecule has 0 saturated carbocycles. The minimum Gasteiger partial charge on any atom is -0.494 e. The molecule has 0 radical (unpaired) electrons. The van der Waals surface area contributed by atoms with Crippen LogP contribution < -0.4 is 20.5 Å². The molecule has 174 valence electrons. The van der Waals surface area contributed by atoms with Gasteiger partial charge in [0, 0.05) is 5.56 Å². The summed E-state index contributed by atoms with van der Waals surface area (Å²) >= 11 is 0. The van der Waals surface area contributed by atoms with E-state index in [4.69, 9.17) is 4.74 Å². The van der Waals surface area contributed by atoms with Gasteiger partial charge in [0.25, 0.3) is 5.91 Å². The summed E-state index contributed by atoms with van der Waals surface area (Å²) in [6.45, 7) is 2.98. The predicted molar refractivity (Wildman–Crippen MR) is 133 cm³/mol. The van der Waals surface area contributed by atoms with Gasteiger partial charge in [-0.1, -0.05) is 76.1 Å². The minimum atomic E-state index is -0.240. The number of ether oxygens (including phenoxy) is 1. The molecule has 1 heterocycles. The first-order chi connectivity index (χ1) is 16.2. The topological polar surface area (TPSA) is 65.0 Å². The molecule has 0 aliphatic carbocycles. The Hall–Kier alpha value is -3.09. The quantitative estimate of drug-likeness (QED) is 0.323. The molecule has 0 bridgehead atoms. The first-order valence-corrected chi connectivity index (χ1v) is 12.0. The van der Waals surface area contributed by atoms with Crippen molar-refractivity contribution in [2.24, 2.45) is 0 Å². The molecule has 0 aromatic heterocycles. The maximum Gasteiger partial charge on any atom is 0.274 e. The van der Waals surface area contributed by atoms with Gasteiger partial charge >= 0.3 is 0 Å². The van der Waals surface area contributed by atoms with Crippen LogP contribution in [-0.2, 0) is 0 Å². The molecular formula is C27H33N3O3. The van der Waals surface area contributed by atoms with E-state index in [2.05, 4.69) is 12.5 Å². The summed E-state index contributed by atoms with van der Waals surface area (Å²) < 4.78 is 5.95. The van der Waals surface area contributed by atoms with Crippen LogP contribution in [0.15, 0.2) is 60.7 Å². The molecule has 0 atom stereocenters. The molecule has 3 aromatic carbocycles. The Kier molecular flexibility index (Phi) is 7.81. The molecule has 1 amide bonds. The minimum absolute atomic E-state index is 0.240. The highest BCUT2D eigenvalue weighted by atomic mass is 16.6. The second kappa shape index (κ2) is 11.2. The number of carbonyl (C=O) groups excluding carboxylic acids is 1. The number of unbranched alkanes of at least 4 members (excludes halogenated alkanes) is 7. The van der Waals surface area contributed by atoms with Gasteiger partial charge in [-0.15, -0.1) is 5.53 Å². The molecule has 6 nitrogen and oxygen atoms in total. The lowest BCUT2D eigenvalue weighted by Gasteiger charge is -2.17. The number of anilines is 2. The standard InChI is InChI=1S/C27H33N3O3/c1-2-3-4-5-6-7-8-11-18-33-24-17-16-21-19-23(15-14-22(21)20-24)27(31)29-25-12-9-10-13-26(25)30(32)28-29/h9-10,12-17,19-20,28,32H,2-8,11,18H2,1H3. The van der Waals surface area contributed by atoms with Gasteiger partial charge in [-0.05, 0) is 53.6 Å². The molecule has 1 aliphatic rings. The van der Waals surface area contributed by atoms with Crippen LogP contribution in [0.5, 0.6) is 5.75 Å². The fourth-order valence-corrected chi connectivity index (χ4v) is 4.19. The number of rotatable bonds is 11. The number of amides is 1. The van der Waals surface area contributed by atoms with Crippen molar-refractivity contribution in [3.8, 4) is 5.75 Å². The Morgan fingerprint density at radius 2 is 1.52 bits per heavy atom. The molecule has 2 N–H and O–H groups in total. The van der Waals surface area contributed by atoms with E-state index in [0.29, 0.717) is 16.9 Å². The SMILES string of the molecule is CCCCCCCCCCOc1ccc2cc(C(=O)N3NN(O)c4ccccc43)ccc2c1. The smallest absolute Gasteiger partial charge is 0.274 e. The Morgan fingerprint density at radius 1 is 0.848 bits per heavy atom. The number of hydrogen-bond acceptors (Lipinski definition) is 5. The van der Waals surface area contributed by atoms with Gasteiger partial charge in [0.1, 0.15) is 11.4 Å². The van der Waals surface area contributed by atoms with E-state index < -0.39 is 0 Å². The highest BCUT2D eigenvalue weighted by molar-refractivity contribution is 6.10. The van der Waals surface area contributed by atoms with Crippen LogP contribution in [0.3, 0.4) is 0 Å². The zero-order chi connectivity index (χ0) is 23.0. The third kappa shape index (κ3) is 5.64. The molecule has 0 saturated heterocycles. The van der Waals surface area contributed by atoms with Crippen molar-refractivity contribution in [1.29, 1.82) is 0 Å². The van der Waals surface area contributed by atoms with Crippen LogP contribution in [0.25, 0.3) is 10.8 Å². The Bertz CT molecular complexity index is 1090. The van der Waals surface area contributed by atoms with Crippen molar-refractivity contribution >= 4 is 28.1 Å². The number of nitrogens with zero attached hydrogens (tertiary/aromatic N) is 2. The lowest BCUT2D eigenvalue weighted by Crippen LogP contribution is -2.46. The highest BCUT2D eigenvalue weighted by Crippen LogP contribution is 2.33. The van der Waals surface area contributed by atoms with Crippen molar-refractivity contribution < 1.29 is 14.7 Å². The molecule has 4 rings (SSSR count). The van der Waals surface area contributed by atoms with E-state index in [-0.39, 0.29) is 5.91 Å². The largest absolute Gasteiger partial charge is 0.494 e. The fourth-order valence-electron chi connectivity index (χ4n) is 4.19. The number of hydrazine groups is 2. The molecule has 1 aliphatic heterocycles. The number of hydrogen-bond donors (Lipinski definition) is 2. The van der Waals surface area contributed by atoms with Crippen LogP contribution in [0.1, 0.15) is 68.6 Å². The second-order valence-electron chi connectivity index (χ2n) is 8.59. The van der Waals surface area contributed by atoms with E-state index in [1.807, 2.05) is 42.5 Å². The third-order valence-electron chi connectivity index (χ3n) is 6.07. The van der Waals surface area contributed by atoms with Gasteiger partial charge in [0.15, 0.2) is 0 Å². The van der Waals surface area contributed by atoms with Crippen LogP contribution in [-0.4, -0.2) is 17.7 Å².